The Bertz CT molecular complexity index is 962. The first-order valence-corrected chi connectivity index (χ1v) is 8.32. The third-order valence-corrected chi connectivity index (χ3v) is 3.96. The van der Waals surface area contributed by atoms with Gasteiger partial charge in [0.05, 0.1) is 5.71 Å². The maximum Gasteiger partial charge on any atom is 0.176 e. The normalized spacial score (nSPS) is 12.4. The van der Waals surface area contributed by atoms with Gasteiger partial charge in [-0.2, -0.15) is 0 Å². The van der Waals surface area contributed by atoms with Gasteiger partial charge in [-0.3, -0.25) is 4.99 Å². The number of aliphatic imine (C=N–C) groups is 1. The lowest BCUT2D eigenvalue weighted by Gasteiger charge is -2.05. The van der Waals surface area contributed by atoms with Crippen molar-refractivity contribution in [3.63, 3.8) is 0 Å². The molecule has 3 aromatic heterocycles. The van der Waals surface area contributed by atoms with Gasteiger partial charge in [0.15, 0.2) is 17.5 Å². The lowest BCUT2D eigenvalue weighted by molar-refractivity contribution is 0.717. The Labute approximate surface area is 152 Å². The van der Waals surface area contributed by atoms with Crippen LogP contribution in [0.5, 0.6) is 0 Å². The lowest BCUT2D eigenvalue weighted by Crippen LogP contribution is -2.05. The van der Waals surface area contributed by atoms with E-state index in [1.807, 2.05) is 58.7 Å². The van der Waals surface area contributed by atoms with Crippen LogP contribution < -0.4 is 0 Å². The largest absolute Gasteiger partial charge is 0.333 e. The van der Waals surface area contributed by atoms with Crippen LogP contribution in [0, 0.1) is 12.3 Å². The van der Waals surface area contributed by atoms with E-state index < -0.39 is 0 Å². The second-order valence-corrected chi connectivity index (χ2v) is 5.79. The number of nitrogens with zero attached hydrogens (tertiary/aromatic N) is 7. The van der Waals surface area contributed by atoms with Crippen LogP contribution in [-0.4, -0.2) is 34.4 Å². The van der Waals surface area contributed by atoms with E-state index in [2.05, 4.69) is 25.9 Å². The molecule has 0 saturated heterocycles. The first-order chi connectivity index (χ1) is 12.7. The van der Waals surface area contributed by atoms with E-state index in [9.17, 15) is 0 Å². The molecule has 26 heavy (non-hydrogen) atoms. The van der Waals surface area contributed by atoms with E-state index in [0.29, 0.717) is 6.42 Å². The quantitative estimate of drug-likeness (QED) is 0.681. The van der Waals surface area contributed by atoms with Gasteiger partial charge < -0.3 is 13.7 Å². The van der Waals surface area contributed by atoms with Crippen LogP contribution in [0.4, 0.5) is 0 Å². The Balaban J connectivity index is 0.000000158. The van der Waals surface area contributed by atoms with E-state index in [0.717, 1.165) is 36.2 Å². The van der Waals surface area contributed by atoms with Crippen molar-refractivity contribution >= 4 is 5.71 Å². The molecule has 4 rings (SSSR count). The molecule has 0 bridgehead atoms. The van der Waals surface area contributed by atoms with Gasteiger partial charge in [-0.05, 0) is 0 Å². The lowest BCUT2D eigenvalue weighted by atomic mass is 10.3. The summed E-state index contributed by atoms with van der Waals surface area (Å²) in [4.78, 5) is 16.9. The van der Waals surface area contributed by atoms with Gasteiger partial charge in [-0.1, -0.05) is 6.08 Å². The molecule has 0 aromatic carbocycles. The average molecular weight is 347 g/mol. The molecule has 0 saturated carbocycles. The molecule has 0 fully saturated rings. The maximum absolute atomic E-state index is 5.24. The van der Waals surface area contributed by atoms with E-state index >= 15 is 0 Å². The van der Waals surface area contributed by atoms with Crippen molar-refractivity contribution in [2.45, 2.75) is 19.4 Å². The first kappa shape index (κ1) is 17.4. The second-order valence-electron chi connectivity index (χ2n) is 5.79. The number of terminal acetylenes is 1. The minimum absolute atomic E-state index is 0.702. The third-order valence-electron chi connectivity index (χ3n) is 3.96. The van der Waals surface area contributed by atoms with Crippen molar-refractivity contribution in [2.24, 2.45) is 19.1 Å². The summed E-state index contributed by atoms with van der Waals surface area (Å²) in [5.74, 6) is 5.30. The molecule has 7 nitrogen and oxygen atoms in total. The molecular weight excluding hydrogens is 326 g/mol. The molecule has 0 N–H and O–H groups in total. The predicted octanol–water partition coefficient (Wildman–Crippen LogP) is 2.43. The summed E-state index contributed by atoms with van der Waals surface area (Å²) in [7, 11) is 3.92. The number of aryl methyl sites for hydroxylation is 3. The number of rotatable bonds is 4. The standard InChI is InChI=1S/C11H12N4.C8H9N3/c1-3-4-7-15-9-6-13-11(15)10-12-5-8-14(10)2;1-11-6-5-10-8(11)7-3-2-4-9-7/h1,5-6,8-9H,4,7H2,2H3;2,4-6H,3H2,1H3. The fourth-order valence-corrected chi connectivity index (χ4v) is 2.61. The number of imidazole rings is 3. The van der Waals surface area contributed by atoms with Crippen LogP contribution in [0.3, 0.4) is 0 Å². The van der Waals surface area contributed by atoms with Crippen molar-refractivity contribution in [3.05, 3.63) is 55.3 Å². The van der Waals surface area contributed by atoms with Gasteiger partial charge in [-0.15, -0.1) is 12.3 Å². The van der Waals surface area contributed by atoms with Crippen LogP contribution in [0.25, 0.3) is 11.6 Å². The number of aromatic nitrogens is 6. The van der Waals surface area contributed by atoms with Gasteiger partial charge >= 0.3 is 0 Å². The first-order valence-electron chi connectivity index (χ1n) is 8.32. The average Bonchev–Trinajstić information content (AvgIpc) is 3.41. The Morgan fingerprint density at radius 2 is 1.62 bits per heavy atom. The summed E-state index contributed by atoms with van der Waals surface area (Å²) >= 11 is 0. The summed E-state index contributed by atoms with van der Waals surface area (Å²) in [6.45, 7) is 0.776. The van der Waals surface area contributed by atoms with Crippen molar-refractivity contribution in [1.82, 2.24) is 28.7 Å². The summed E-state index contributed by atoms with van der Waals surface area (Å²) < 4.78 is 5.93. The third kappa shape index (κ3) is 3.81. The van der Waals surface area contributed by atoms with Gasteiger partial charge in [-0.25, -0.2) is 15.0 Å². The fourth-order valence-electron chi connectivity index (χ4n) is 2.61. The minimum Gasteiger partial charge on any atom is -0.333 e. The highest BCUT2D eigenvalue weighted by atomic mass is 15.1. The monoisotopic (exact) mass is 347 g/mol. The molecular formula is C19H21N7. The molecule has 0 spiro atoms. The second kappa shape index (κ2) is 8.12. The highest BCUT2D eigenvalue weighted by molar-refractivity contribution is 6.00. The zero-order valence-electron chi connectivity index (χ0n) is 14.9. The van der Waals surface area contributed by atoms with Gasteiger partial charge in [0.2, 0.25) is 0 Å². The molecule has 0 amide bonds. The van der Waals surface area contributed by atoms with Crippen molar-refractivity contribution in [1.29, 1.82) is 0 Å². The van der Waals surface area contributed by atoms with E-state index in [4.69, 9.17) is 6.42 Å². The summed E-state index contributed by atoms with van der Waals surface area (Å²) in [6, 6.07) is 0. The SMILES string of the molecule is C#CCCn1ccnc1-c1nccn1C.Cn1ccnc1C1=NC=CC1. The summed E-state index contributed by atoms with van der Waals surface area (Å²) in [6.07, 6.45) is 21.8. The van der Waals surface area contributed by atoms with E-state index in [1.165, 1.54) is 0 Å². The summed E-state index contributed by atoms with van der Waals surface area (Å²) in [5.41, 5.74) is 1.05. The highest BCUT2D eigenvalue weighted by Crippen LogP contribution is 2.14. The predicted molar refractivity (Wildman–Crippen MR) is 101 cm³/mol. The summed E-state index contributed by atoms with van der Waals surface area (Å²) in [5, 5.41) is 0. The molecule has 3 aromatic rings. The minimum atomic E-state index is 0.702. The van der Waals surface area contributed by atoms with Crippen LogP contribution in [-0.2, 0) is 20.6 Å². The molecule has 1 aliphatic rings. The van der Waals surface area contributed by atoms with E-state index in [-0.39, 0.29) is 0 Å². The maximum atomic E-state index is 5.24. The molecule has 7 heteroatoms. The molecule has 132 valence electrons. The molecule has 0 aliphatic carbocycles. The topological polar surface area (TPSA) is 65.8 Å². The Hall–Kier alpha value is -3.40. The highest BCUT2D eigenvalue weighted by Gasteiger charge is 2.09. The van der Waals surface area contributed by atoms with Gasteiger partial charge in [0, 0.05) is 76.9 Å². The molecule has 0 atom stereocenters. The zero-order chi connectivity index (χ0) is 18.4. The zero-order valence-corrected chi connectivity index (χ0v) is 14.9. The molecule has 0 radical (unpaired) electrons. The Morgan fingerprint density at radius 3 is 2.19 bits per heavy atom. The number of hydrogen-bond donors (Lipinski definition) is 0. The van der Waals surface area contributed by atoms with Gasteiger partial charge in [0.1, 0.15) is 0 Å². The molecule has 1 aliphatic heterocycles. The Morgan fingerprint density at radius 1 is 0.962 bits per heavy atom. The number of allylic oxidation sites excluding steroid dienone is 1. The van der Waals surface area contributed by atoms with E-state index in [1.54, 1.807) is 18.6 Å². The molecule has 4 heterocycles. The molecule has 0 unspecified atom stereocenters. The van der Waals surface area contributed by atoms with Gasteiger partial charge in [0.25, 0.3) is 0 Å². The van der Waals surface area contributed by atoms with Crippen LogP contribution in [0.15, 0.2) is 54.4 Å². The van der Waals surface area contributed by atoms with Crippen LogP contribution in [0.1, 0.15) is 18.7 Å². The fraction of sp³-hybridized carbons (Fsp3) is 0.263. The van der Waals surface area contributed by atoms with Crippen LogP contribution >= 0.6 is 0 Å². The van der Waals surface area contributed by atoms with Crippen molar-refractivity contribution in [3.8, 4) is 24.0 Å². The smallest absolute Gasteiger partial charge is 0.176 e. The van der Waals surface area contributed by atoms with Crippen molar-refractivity contribution < 1.29 is 0 Å². The van der Waals surface area contributed by atoms with Crippen LogP contribution in [0.2, 0.25) is 0 Å². The van der Waals surface area contributed by atoms with Crippen molar-refractivity contribution in [2.75, 3.05) is 0 Å². The Kier molecular flexibility index (Phi) is 5.44. The number of hydrogen-bond acceptors (Lipinski definition) is 4.